The van der Waals surface area contributed by atoms with Gasteiger partial charge in [0, 0.05) is 37.9 Å². The van der Waals surface area contributed by atoms with Crippen LogP contribution in [-0.4, -0.2) is 52.8 Å². The van der Waals surface area contributed by atoms with Gasteiger partial charge >= 0.3 is 0 Å². The lowest BCUT2D eigenvalue weighted by Gasteiger charge is -2.38. The predicted molar refractivity (Wildman–Crippen MR) is 150 cm³/mol. The zero-order valence-electron chi connectivity index (χ0n) is 23.2. The SMILES string of the molecule is O=C(CCCC(=O)NCc1ccc([C@@H]2O[C@H](CN3CCCCCCC3)C[C@H](c3ccc(CO)cc3)O2)cc1)NO. The second-order valence-electron chi connectivity index (χ2n) is 10.8. The first-order chi connectivity index (χ1) is 19.5. The molecule has 2 aromatic carbocycles. The van der Waals surface area contributed by atoms with Gasteiger partial charge in [-0.1, -0.05) is 67.8 Å². The summed E-state index contributed by atoms with van der Waals surface area (Å²) in [5, 5.41) is 20.9. The fourth-order valence-corrected chi connectivity index (χ4v) is 5.36. The Morgan fingerprint density at radius 1 is 0.825 bits per heavy atom. The van der Waals surface area contributed by atoms with Gasteiger partial charge in [0.25, 0.3) is 0 Å². The summed E-state index contributed by atoms with van der Waals surface area (Å²) in [6.07, 6.45) is 7.26. The van der Waals surface area contributed by atoms with Crippen LogP contribution in [0.25, 0.3) is 0 Å². The number of hydrogen-bond acceptors (Lipinski definition) is 7. The molecule has 2 heterocycles. The molecule has 218 valence electrons. The summed E-state index contributed by atoms with van der Waals surface area (Å²) in [5.74, 6) is -0.639. The summed E-state index contributed by atoms with van der Waals surface area (Å²) in [5.41, 5.74) is 5.41. The summed E-state index contributed by atoms with van der Waals surface area (Å²) in [4.78, 5) is 25.7. The van der Waals surface area contributed by atoms with E-state index in [0.717, 1.165) is 48.3 Å². The summed E-state index contributed by atoms with van der Waals surface area (Å²) >= 11 is 0. The first kappa shape index (κ1) is 30.1. The minimum Gasteiger partial charge on any atom is -0.392 e. The average Bonchev–Trinajstić information content (AvgIpc) is 2.97. The lowest BCUT2D eigenvalue weighted by molar-refractivity contribution is -0.253. The molecule has 2 aliphatic rings. The molecule has 9 nitrogen and oxygen atoms in total. The molecule has 9 heteroatoms. The Bertz CT molecular complexity index is 1050. The van der Waals surface area contributed by atoms with Crippen LogP contribution in [0, 0.1) is 0 Å². The van der Waals surface area contributed by atoms with Crippen molar-refractivity contribution >= 4 is 11.8 Å². The third-order valence-corrected chi connectivity index (χ3v) is 7.70. The number of ether oxygens (including phenoxy) is 2. The van der Waals surface area contributed by atoms with Gasteiger partial charge in [-0.25, -0.2) is 5.48 Å². The van der Waals surface area contributed by atoms with E-state index in [2.05, 4.69) is 10.2 Å². The van der Waals surface area contributed by atoms with Crippen LogP contribution in [0.1, 0.15) is 92.4 Å². The van der Waals surface area contributed by atoms with Crippen LogP contribution in [-0.2, 0) is 32.2 Å². The molecule has 0 saturated carbocycles. The molecule has 0 spiro atoms. The van der Waals surface area contributed by atoms with Crippen molar-refractivity contribution in [3.8, 4) is 0 Å². The molecule has 2 aliphatic heterocycles. The highest BCUT2D eigenvalue weighted by molar-refractivity contribution is 5.78. The number of hydroxylamine groups is 1. The highest BCUT2D eigenvalue weighted by Crippen LogP contribution is 2.38. The normalized spacial score (nSPS) is 22.2. The van der Waals surface area contributed by atoms with Gasteiger partial charge in [0.2, 0.25) is 11.8 Å². The Labute approximate surface area is 236 Å². The molecular formula is C31H43N3O6. The highest BCUT2D eigenvalue weighted by Gasteiger charge is 2.33. The number of aliphatic hydroxyl groups is 1. The maximum Gasteiger partial charge on any atom is 0.243 e. The highest BCUT2D eigenvalue weighted by atomic mass is 16.7. The topological polar surface area (TPSA) is 120 Å². The van der Waals surface area contributed by atoms with E-state index in [9.17, 15) is 14.7 Å². The van der Waals surface area contributed by atoms with E-state index in [0.29, 0.717) is 13.0 Å². The summed E-state index contributed by atoms with van der Waals surface area (Å²) < 4.78 is 13.0. The molecule has 2 aromatic rings. The van der Waals surface area contributed by atoms with Gasteiger partial charge in [-0.15, -0.1) is 0 Å². The number of hydrogen-bond donors (Lipinski definition) is 4. The fourth-order valence-electron chi connectivity index (χ4n) is 5.36. The Kier molecular flexibility index (Phi) is 11.9. The maximum atomic E-state index is 12.1. The lowest BCUT2D eigenvalue weighted by atomic mass is 9.99. The molecule has 3 atom stereocenters. The number of carbonyl (C=O) groups excluding carboxylic acids is 2. The summed E-state index contributed by atoms with van der Waals surface area (Å²) in [7, 11) is 0. The molecule has 0 aromatic heterocycles. The number of amides is 2. The van der Waals surface area contributed by atoms with E-state index in [1.54, 1.807) is 5.48 Å². The van der Waals surface area contributed by atoms with Crippen molar-refractivity contribution in [3.05, 3.63) is 70.8 Å². The fraction of sp³-hybridized carbons (Fsp3) is 0.548. The quantitative estimate of drug-likeness (QED) is 0.242. The van der Waals surface area contributed by atoms with Crippen molar-refractivity contribution in [3.63, 3.8) is 0 Å². The third kappa shape index (κ3) is 9.38. The van der Waals surface area contributed by atoms with Gasteiger partial charge in [0.05, 0.1) is 18.8 Å². The van der Waals surface area contributed by atoms with Crippen LogP contribution in [0.2, 0.25) is 0 Å². The number of nitrogens with one attached hydrogen (secondary N) is 2. The van der Waals surface area contributed by atoms with E-state index in [4.69, 9.17) is 14.7 Å². The van der Waals surface area contributed by atoms with Crippen molar-refractivity contribution in [2.75, 3.05) is 19.6 Å². The van der Waals surface area contributed by atoms with E-state index in [1.807, 2.05) is 48.5 Å². The van der Waals surface area contributed by atoms with Gasteiger partial charge in [0.1, 0.15) is 0 Å². The van der Waals surface area contributed by atoms with Crippen LogP contribution in [0.3, 0.4) is 0 Å². The molecule has 4 rings (SSSR count). The molecule has 40 heavy (non-hydrogen) atoms. The monoisotopic (exact) mass is 553 g/mol. The molecule has 2 amide bonds. The number of benzene rings is 2. The Morgan fingerprint density at radius 2 is 1.45 bits per heavy atom. The molecule has 4 N–H and O–H groups in total. The van der Waals surface area contributed by atoms with Crippen molar-refractivity contribution in [2.24, 2.45) is 0 Å². The van der Waals surface area contributed by atoms with Crippen LogP contribution in [0.5, 0.6) is 0 Å². The van der Waals surface area contributed by atoms with Gasteiger partial charge in [-0.3, -0.25) is 14.8 Å². The Hall–Kier alpha value is -2.82. The van der Waals surface area contributed by atoms with Crippen LogP contribution >= 0.6 is 0 Å². The minimum absolute atomic E-state index is 0.0167. The standard InChI is InChI=1S/C31H43N3O6/c35-22-24-11-13-25(14-12-24)28-19-27(21-34-17-4-2-1-3-5-18-34)39-31(40-28)26-15-9-23(10-16-26)20-32-29(36)7-6-8-30(37)33-38/h9-16,27-28,31,35,38H,1-8,17-22H2,(H,32,36)(H,33,37)/t27-,28+,31+/m0/s1. The molecule has 2 fully saturated rings. The van der Waals surface area contributed by atoms with E-state index < -0.39 is 12.2 Å². The molecular weight excluding hydrogens is 510 g/mol. The first-order valence-corrected chi connectivity index (χ1v) is 14.6. The van der Waals surface area contributed by atoms with Crippen molar-refractivity contribution < 1.29 is 29.4 Å². The van der Waals surface area contributed by atoms with Gasteiger partial charge in [-0.2, -0.15) is 0 Å². The lowest BCUT2D eigenvalue weighted by Crippen LogP contribution is -2.40. The van der Waals surface area contributed by atoms with Gasteiger partial charge in [-0.05, 0) is 49.0 Å². The van der Waals surface area contributed by atoms with Crippen LogP contribution in [0.4, 0.5) is 0 Å². The third-order valence-electron chi connectivity index (χ3n) is 7.70. The van der Waals surface area contributed by atoms with E-state index >= 15 is 0 Å². The second kappa shape index (κ2) is 15.8. The first-order valence-electron chi connectivity index (χ1n) is 14.6. The largest absolute Gasteiger partial charge is 0.392 e. The van der Waals surface area contributed by atoms with E-state index in [1.165, 1.54) is 32.1 Å². The second-order valence-corrected chi connectivity index (χ2v) is 10.8. The maximum absolute atomic E-state index is 12.1. The molecule has 0 radical (unpaired) electrons. The molecule has 0 aliphatic carbocycles. The van der Waals surface area contributed by atoms with Crippen molar-refractivity contribution in [1.82, 2.24) is 15.7 Å². The average molecular weight is 554 g/mol. The van der Waals surface area contributed by atoms with Gasteiger partial charge in [0.15, 0.2) is 6.29 Å². The molecule has 2 saturated heterocycles. The zero-order chi connectivity index (χ0) is 28.2. The smallest absolute Gasteiger partial charge is 0.243 e. The molecule has 0 unspecified atom stereocenters. The number of nitrogens with zero attached hydrogens (tertiary/aromatic N) is 1. The Morgan fingerprint density at radius 3 is 2.12 bits per heavy atom. The zero-order valence-corrected chi connectivity index (χ0v) is 23.2. The number of aliphatic hydroxyl groups excluding tert-OH is 1. The molecule has 0 bridgehead atoms. The number of likely N-dealkylation sites (tertiary alicyclic amines) is 1. The number of rotatable bonds is 11. The van der Waals surface area contributed by atoms with E-state index in [-0.39, 0.29) is 37.6 Å². The van der Waals surface area contributed by atoms with Gasteiger partial charge < -0.3 is 24.8 Å². The summed E-state index contributed by atoms with van der Waals surface area (Å²) in [6.45, 7) is 3.50. The van der Waals surface area contributed by atoms with Crippen LogP contribution < -0.4 is 10.8 Å². The Balaban J connectivity index is 1.38. The number of carbonyl (C=O) groups is 2. The van der Waals surface area contributed by atoms with Crippen molar-refractivity contribution in [2.45, 2.75) is 89.4 Å². The van der Waals surface area contributed by atoms with Crippen LogP contribution in [0.15, 0.2) is 48.5 Å². The predicted octanol–water partition coefficient (Wildman–Crippen LogP) is 4.28. The summed E-state index contributed by atoms with van der Waals surface area (Å²) in [6, 6.07) is 15.9. The minimum atomic E-state index is -0.502. The van der Waals surface area contributed by atoms with Crippen molar-refractivity contribution in [1.29, 1.82) is 0 Å².